The first kappa shape index (κ1) is 20.9. The summed E-state index contributed by atoms with van der Waals surface area (Å²) in [6.07, 6.45) is 0.0389. The van der Waals surface area contributed by atoms with Gasteiger partial charge in [0.15, 0.2) is 0 Å². The molecule has 1 unspecified atom stereocenters. The van der Waals surface area contributed by atoms with Crippen LogP contribution in [-0.2, 0) is 14.4 Å². The molecule has 0 fully saturated rings. The first-order valence-corrected chi connectivity index (χ1v) is 10.3. The van der Waals surface area contributed by atoms with Crippen molar-refractivity contribution in [1.82, 2.24) is 4.90 Å². The molecule has 0 spiro atoms. The number of carbonyl (C=O) groups excluding carboxylic acids is 3. The van der Waals surface area contributed by atoms with Gasteiger partial charge in [0.05, 0.1) is 17.5 Å². The van der Waals surface area contributed by atoms with Crippen molar-refractivity contribution in [2.45, 2.75) is 37.3 Å². The standard InChI is InChI=1S/C22H25N3O3S/c1-13-9-14(2)21(15(3)10-13)24-19(26)12-25(4)20(27)11-18-22(28)23-16-7-5-6-8-17(16)29-18/h5-10,18H,11-12H2,1-4H3,(H,23,28)(H,24,26). The van der Waals surface area contributed by atoms with E-state index in [9.17, 15) is 14.4 Å². The second-order valence-electron chi connectivity index (χ2n) is 7.37. The molecule has 0 radical (unpaired) electrons. The highest BCUT2D eigenvalue weighted by Gasteiger charge is 2.30. The molecule has 2 aromatic carbocycles. The molecule has 7 heteroatoms. The van der Waals surface area contributed by atoms with E-state index in [-0.39, 0.29) is 30.7 Å². The Morgan fingerprint density at radius 2 is 1.79 bits per heavy atom. The fourth-order valence-corrected chi connectivity index (χ4v) is 4.50. The minimum atomic E-state index is -0.510. The van der Waals surface area contributed by atoms with Crippen LogP contribution in [0.3, 0.4) is 0 Å². The maximum atomic E-state index is 12.6. The van der Waals surface area contributed by atoms with Gasteiger partial charge in [-0.1, -0.05) is 29.8 Å². The van der Waals surface area contributed by atoms with Crippen LogP contribution in [0.1, 0.15) is 23.1 Å². The van der Waals surface area contributed by atoms with E-state index in [0.29, 0.717) is 0 Å². The second kappa shape index (κ2) is 8.69. The van der Waals surface area contributed by atoms with Gasteiger partial charge in [0.1, 0.15) is 0 Å². The Kier molecular flexibility index (Phi) is 6.27. The quantitative estimate of drug-likeness (QED) is 0.789. The van der Waals surface area contributed by atoms with Crippen LogP contribution in [0.4, 0.5) is 11.4 Å². The number of amides is 3. The van der Waals surface area contributed by atoms with E-state index in [0.717, 1.165) is 33.0 Å². The van der Waals surface area contributed by atoms with Crippen LogP contribution in [0.15, 0.2) is 41.3 Å². The number of nitrogens with one attached hydrogen (secondary N) is 2. The minimum absolute atomic E-state index is 0.0389. The van der Waals surface area contributed by atoms with Crippen LogP contribution in [0.5, 0.6) is 0 Å². The number of likely N-dealkylation sites (N-methyl/N-ethyl adjacent to an activating group) is 1. The normalized spacial score (nSPS) is 15.3. The number of hydrogen-bond donors (Lipinski definition) is 2. The highest BCUT2D eigenvalue weighted by atomic mass is 32.2. The molecule has 0 aromatic heterocycles. The van der Waals surface area contributed by atoms with E-state index in [2.05, 4.69) is 10.6 Å². The lowest BCUT2D eigenvalue weighted by Crippen LogP contribution is -2.39. The molecule has 0 saturated heterocycles. The van der Waals surface area contributed by atoms with Crippen LogP contribution in [-0.4, -0.2) is 41.5 Å². The maximum absolute atomic E-state index is 12.6. The van der Waals surface area contributed by atoms with Gasteiger partial charge in [0, 0.05) is 24.1 Å². The first-order valence-electron chi connectivity index (χ1n) is 9.43. The van der Waals surface area contributed by atoms with Gasteiger partial charge in [-0.2, -0.15) is 0 Å². The number of thioether (sulfide) groups is 1. The summed E-state index contributed by atoms with van der Waals surface area (Å²) in [5.74, 6) is -0.697. The van der Waals surface area contributed by atoms with Crippen LogP contribution < -0.4 is 10.6 Å². The Labute approximate surface area is 175 Å². The van der Waals surface area contributed by atoms with E-state index < -0.39 is 5.25 Å². The van der Waals surface area contributed by atoms with Gasteiger partial charge in [0.25, 0.3) is 0 Å². The predicted octanol–water partition coefficient (Wildman–Crippen LogP) is 3.51. The third-order valence-electron chi connectivity index (χ3n) is 4.81. The van der Waals surface area contributed by atoms with Crippen molar-refractivity contribution < 1.29 is 14.4 Å². The molecule has 3 rings (SSSR count). The number of aryl methyl sites for hydroxylation is 3. The molecule has 1 heterocycles. The lowest BCUT2D eigenvalue weighted by Gasteiger charge is -2.25. The Morgan fingerprint density at radius 1 is 1.14 bits per heavy atom. The van der Waals surface area contributed by atoms with Crippen molar-refractivity contribution in [3.63, 3.8) is 0 Å². The number of anilines is 2. The summed E-state index contributed by atoms with van der Waals surface area (Å²) in [5, 5.41) is 5.22. The summed E-state index contributed by atoms with van der Waals surface area (Å²) in [4.78, 5) is 39.6. The average molecular weight is 412 g/mol. The summed E-state index contributed by atoms with van der Waals surface area (Å²) < 4.78 is 0. The van der Waals surface area contributed by atoms with Crippen LogP contribution >= 0.6 is 11.8 Å². The zero-order chi connectivity index (χ0) is 21.1. The van der Waals surface area contributed by atoms with Gasteiger partial charge in [-0.3, -0.25) is 14.4 Å². The number of rotatable bonds is 5. The predicted molar refractivity (Wildman–Crippen MR) is 116 cm³/mol. The van der Waals surface area contributed by atoms with Crippen LogP contribution in [0, 0.1) is 20.8 Å². The molecule has 6 nitrogen and oxygen atoms in total. The molecule has 1 aliphatic heterocycles. The first-order chi connectivity index (χ1) is 13.7. The van der Waals surface area contributed by atoms with Gasteiger partial charge >= 0.3 is 0 Å². The molecular formula is C22H25N3O3S. The minimum Gasteiger partial charge on any atom is -0.336 e. The summed E-state index contributed by atoms with van der Waals surface area (Å²) in [7, 11) is 1.58. The van der Waals surface area contributed by atoms with Crippen molar-refractivity contribution in [1.29, 1.82) is 0 Å². The van der Waals surface area contributed by atoms with Crippen molar-refractivity contribution >= 4 is 40.9 Å². The van der Waals surface area contributed by atoms with Gasteiger partial charge in [-0.25, -0.2) is 0 Å². The Bertz CT molecular complexity index is 951. The van der Waals surface area contributed by atoms with Crippen molar-refractivity contribution in [2.75, 3.05) is 24.2 Å². The lowest BCUT2D eigenvalue weighted by molar-refractivity contribution is -0.134. The molecule has 3 amide bonds. The molecule has 29 heavy (non-hydrogen) atoms. The smallest absolute Gasteiger partial charge is 0.243 e. The highest BCUT2D eigenvalue weighted by Crippen LogP contribution is 2.36. The van der Waals surface area contributed by atoms with E-state index in [4.69, 9.17) is 0 Å². The molecule has 1 aliphatic rings. The molecule has 0 aliphatic carbocycles. The number of para-hydroxylation sites is 1. The van der Waals surface area contributed by atoms with E-state index in [1.807, 2.05) is 57.2 Å². The molecule has 0 bridgehead atoms. The summed E-state index contributed by atoms with van der Waals surface area (Å²) in [6, 6.07) is 11.5. The number of benzene rings is 2. The molecule has 1 atom stereocenters. The van der Waals surface area contributed by atoms with E-state index in [1.165, 1.54) is 16.7 Å². The number of hydrogen-bond acceptors (Lipinski definition) is 4. The van der Waals surface area contributed by atoms with Crippen molar-refractivity contribution in [3.05, 3.63) is 53.1 Å². The van der Waals surface area contributed by atoms with Crippen molar-refractivity contribution in [2.24, 2.45) is 0 Å². The zero-order valence-corrected chi connectivity index (χ0v) is 17.9. The van der Waals surface area contributed by atoms with Gasteiger partial charge in [-0.15, -0.1) is 11.8 Å². The topological polar surface area (TPSA) is 78.5 Å². The molecule has 152 valence electrons. The zero-order valence-electron chi connectivity index (χ0n) is 17.0. The number of carbonyl (C=O) groups is 3. The number of fused-ring (bicyclic) bond motifs is 1. The monoisotopic (exact) mass is 411 g/mol. The lowest BCUT2D eigenvalue weighted by atomic mass is 10.1. The third kappa shape index (κ3) is 4.98. The van der Waals surface area contributed by atoms with Gasteiger partial charge in [0.2, 0.25) is 17.7 Å². The Hall–Kier alpha value is -2.80. The summed E-state index contributed by atoms with van der Waals surface area (Å²) in [5.41, 5.74) is 4.65. The SMILES string of the molecule is Cc1cc(C)c(NC(=O)CN(C)C(=O)CC2Sc3ccccc3NC2=O)c(C)c1. The van der Waals surface area contributed by atoms with Crippen LogP contribution in [0.2, 0.25) is 0 Å². The molecule has 0 saturated carbocycles. The molecule has 2 N–H and O–H groups in total. The number of nitrogens with zero attached hydrogens (tertiary/aromatic N) is 1. The summed E-state index contributed by atoms with van der Waals surface area (Å²) in [6.45, 7) is 5.83. The largest absolute Gasteiger partial charge is 0.336 e. The second-order valence-corrected chi connectivity index (χ2v) is 8.61. The fraction of sp³-hybridized carbons (Fsp3) is 0.318. The van der Waals surface area contributed by atoms with Gasteiger partial charge in [-0.05, 0) is 44.0 Å². The van der Waals surface area contributed by atoms with Crippen molar-refractivity contribution in [3.8, 4) is 0 Å². The van der Waals surface area contributed by atoms with Crippen LogP contribution in [0.25, 0.3) is 0 Å². The average Bonchev–Trinajstić information content (AvgIpc) is 2.65. The van der Waals surface area contributed by atoms with E-state index >= 15 is 0 Å². The fourth-order valence-electron chi connectivity index (χ4n) is 3.40. The Morgan fingerprint density at radius 3 is 2.48 bits per heavy atom. The Balaban J connectivity index is 1.58. The van der Waals surface area contributed by atoms with E-state index in [1.54, 1.807) is 7.05 Å². The van der Waals surface area contributed by atoms with Gasteiger partial charge < -0.3 is 15.5 Å². The molecule has 2 aromatic rings. The highest BCUT2D eigenvalue weighted by molar-refractivity contribution is 8.01. The summed E-state index contributed by atoms with van der Waals surface area (Å²) >= 11 is 1.38. The molecular weight excluding hydrogens is 386 g/mol. The third-order valence-corrected chi connectivity index (χ3v) is 6.09. The maximum Gasteiger partial charge on any atom is 0.243 e.